The first-order valence-corrected chi connectivity index (χ1v) is 8.25. The summed E-state index contributed by atoms with van der Waals surface area (Å²) >= 11 is 1.69. The van der Waals surface area contributed by atoms with Crippen LogP contribution in [0.15, 0.2) is 23.1 Å². The van der Waals surface area contributed by atoms with Crippen LogP contribution in [0.4, 0.5) is 5.69 Å². The van der Waals surface area contributed by atoms with Gasteiger partial charge in [-0.15, -0.1) is 11.8 Å². The van der Waals surface area contributed by atoms with Crippen molar-refractivity contribution in [3.8, 4) is 6.07 Å². The average molecular weight is 292 g/mol. The van der Waals surface area contributed by atoms with Crippen LogP contribution in [0.5, 0.6) is 0 Å². The summed E-state index contributed by atoms with van der Waals surface area (Å²) in [5.74, 6) is 1.42. The lowest BCUT2D eigenvalue weighted by Crippen LogP contribution is -2.16. The normalized spacial score (nSPS) is 11.9. The fourth-order valence-electron chi connectivity index (χ4n) is 2.26. The molecule has 1 atom stereocenters. The molecule has 0 radical (unpaired) electrons. The van der Waals surface area contributed by atoms with E-state index in [1.54, 1.807) is 11.8 Å². The Morgan fingerprint density at radius 3 is 2.75 bits per heavy atom. The van der Waals surface area contributed by atoms with Crippen LogP contribution in [0.2, 0.25) is 0 Å². The highest BCUT2D eigenvalue weighted by molar-refractivity contribution is 7.99. The minimum Gasteiger partial charge on any atom is -0.396 e. The molecule has 0 heterocycles. The van der Waals surface area contributed by atoms with Crippen LogP contribution in [0.1, 0.15) is 38.7 Å². The van der Waals surface area contributed by atoms with Crippen LogP contribution >= 0.6 is 11.8 Å². The topological polar surface area (TPSA) is 56.0 Å². The van der Waals surface area contributed by atoms with Crippen LogP contribution in [0.25, 0.3) is 0 Å². The van der Waals surface area contributed by atoms with Crippen LogP contribution in [-0.2, 0) is 0 Å². The number of hydrogen-bond donors (Lipinski definition) is 2. The number of hydrogen-bond acceptors (Lipinski definition) is 4. The molecule has 1 rings (SSSR count). The van der Waals surface area contributed by atoms with Gasteiger partial charge in [0.2, 0.25) is 0 Å². The summed E-state index contributed by atoms with van der Waals surface area (Å²) in [5, 5.41) is 21.8. The van der Waals surface area contributed by atoms with Crippen molar-refractivity contribution in [3.05, 3.63) is 23.8 Å². The number of nitrogens with zero attached hydrogens (tertiary/aromatic N) is 1. The molecule has 0 fully saturated rings. The molecule has 0 spiro atoms. The van der Waals surface area contributed by atoms with Gasteiger partial charge in [-0.3, -0.25) is 0 Å². The summed E-state index contributed by atoms with van der Waals surface area (Å²) < 4.78 is 0. The summed E-state index contributed by atoms with van der Waals surface area (Å²) in [6.45, 7) is 5.28. The van der Waals surface area contributed by atoms with Crippen LogP contribution < -0.4 is 5.32 Å². The number of aliphatic hydroxyl groups is 1. The Bertz CT molecular complexity index is 437. The van der Waals surface area contributed by atoms with E-state index < -0.39 is 0 Å². The lowest BCUT2D eigenvalue weighted by atomic mass is 10.00. The molecule has 2 N–H and O–H groups in total. The molecule has 1 aromatic carbocycles. The molecule has 0 saturated heterocycles. The standard InChI is InChI=1S/C16H24N2OS/c1-3-6-13(9-10-19)12-18-15-7-5-8-16(20-4-2)14(15)11-17/h5,7-8,13,18-19H,3-4,6,9-10,12H2,1-2H3. The third-order valence-corrected chi connectivity index (χ3v) is 4.19. The van der Waals surface area contributed by atoms with Gasteiger partial charge in [-0.1, -0.05) is 26.3 Å². The minimum absolute atomic E-state index is 0.225. The Kier molecular flexibility index (Phi) is 8.17. The fourth-order valence-corrected chi connectivity index (χ4v) is 3.05. The fraction of sp³-hybridized carbons (Fsp3) is 0.562. The zero-order valence-corrected chi connectivity index (χ0v) is 13.2. The molecule has 0 amide bonds. The first-order chi connectivity index (χ1) is 9.76. The quantitative estimate of drug-likeness (QED) is 0.678. The van der Waals surface area contributed by atoms with Crippen LogP contribution in [-0.4, -0.2) is 24.0 Å². The van der Waals surface area contributed by atoms with E-state index in [1.165, 1.54) is 0 Å². The van der Waals surface area contributed by atoms with Gasteiger partial charge in [0, 0.05) is 18.0 Å². The maximum Gasteiger partial charge on any atom is 0.102 e. The number of anilines is 1. The number of thioether (sulfide) groups is 1. The van der Waals surface area contributed by atoms with E-state index in [0.29, 0.717) is 5.92 Å². The SMILES string of the molecule is CCCC(CCO)CNc1cccc(SCC)c1C#N. The molecule has 0 aliphatic heterocycles. The molecule has 1 aromatic rings. The van der Waals surface area contributed by atoms with Crippen molar-refractivity contribution < 1.29 is 5.11 Å². The molecular formula is C16H24N2OS. The van der Waals surface area contributed by atoms with E-state index in [4.69, 9.17) is 5.11 Å². The van der Waals surface area contributed by atoms with Gasteiger partial charge in [-0.2, -0.15) is 5.26 Å². The van der Waals surface area contributed by atoms with Gasteiger partial charge in [0.25, 0.3) is 0 Å². The highest BCUT2D eigenvalue weighted by atomic mass is 32.2. The number of benzene rings is 1. The lowest BCUT2D eigenvalue weighted by Gasteiger charge is -2.18. The van der Waals surface area contributed by atoms with Crippen molar-refractivity contribution in [1.29, 1.82) is 5.26 Å². The molecule has 4 heteroatoms. The predicted molar refractivity (Wildman–Crippen MR) is 86.1 cm³/mol. The van der Waals surface area contributed by atoms with E-state index in [9.17, 15) is 5.26 Å². The molecule has 0 aliphatic carbocycles. The number of nitriles is 1. The maximum absolute atomic E-state index is 9.35. The number of aliphatic hydroxyl groups excluding tert-OH is 1. The van der Waals surface area contributed by atoms with Crippen molar-refractivity contribution in [1.82, 2.24) is 0 Å². The molecule has 3 nitrogen and oxygen atoms in total. The van der Waals surface area contributed by atoms with Crippen LogP contribution in [0, 0.1) is 17.2 Å². The highest BCUT2D eigenvalue weighted by Gasteiger charge is 2.11. The summed E-state index contributed by atoms with van der Waals surface area (Å²) in [6, 6.07) is 8.25. The molecule has 1 unspecified atom stereocenters. The van der Waals surface area contributed by atoms with E-state index in [1.807, 2.05) is 18.2 Å². The second-order valence-electron chi connectivity index (χ2n) is 4.77. The lowest BCUT2D eigenvalue weighted by molar-refractivity contribution is 0.255. The van der Waals surface area contributed by atoms with Crippen molar-refractivity contribution in [2.45, 2.75) is 38.0 Å². The van der Waals surface area contributed by atoms with Gasteiger partial charge in [-0.25, -0.2) is 0 Å². The Morgan fingerprint density at radius 2 is 2.15 bits per heavy atom. The maximum atomic E-state index is 9.35. The van der Waals surface area contributed by atoms with Crippen molar-refractivity contribution in [2.24, 2.45) is 5.92 Å². The van der Waals surface area contributed by atoms with E-state index >= 15 is 0 Å². The molecular weight excluding hydrogens is 268 g/mol. The second-order valence-corrected chi connectivity index (χ2v) is 6.08. The summed E-state index contributed by atoms with van der Waals surface area (Å²) in [4.78, 5) is 1.04. The smallest absolute Gasteiger partial charge is 0.102 e. The van der Waals surface area contributed by atoms with E-state index in [-0.39, 0.29) is 6.61 Å². The zero-order chi connectivity index (χ0) is 14.8. The Labute approximate surface area is 126 Å². The van der Waals surface area contributed by atoms with E-state index in [0.717, 1.165) is 47.7 Å². The Hall–Kier alpha value is -1.18. The first-order valence-electron chi connectivity index (χ1n) is 7.27. The van der Waals surface area contributed by atoms with Gasteiger partial charge >= 0.3 is 0 Å². The van der Waals surface area contributed by atoms with Gasteiger partial charge in [0.15, 0.2) is 0 Å². The minimum atomic E-state index is 0.225. The molecule has 0 saturated carbocycles. The third kappa shape index (κ3) is 5.07. The van der Waals surface area contributed by atoms with Crippen LogP contribution in [0.3, 0.4) is 0 Å². The number of rotatable bonds is 9. The van der Waals surface area contributed by atoms with Gasteiger partial charge in [0.1, 0.15) is 6.07 Å². The third-order valence-electron chi connectivity index (χ3n) is 3.25. The van der Waals surface area contributed by atoms with Crippen molar-refractivity contribution in [3.63, 3.8) is 0 Å². The summed E-state index contributed by atoms with van der Waals surface area (Å²) in [6.07, 6.45) is 3.02. The molecule has 20 heavy (non-hydrogen) atoms. The van der Waals surface area contributed by atoms with Gasteiger partial charge < -0.3 is 10.4 Å². The van der Waals surface area contributed by atoms with E-state index in [2.05, 4.69) is 25.2 Å². The predicted octanol–water partition coefficient (Wildman–Crippen LogP) is 3.88. The summed E-state index contributed by atoms with van der Waals surface area (Å²) in [5.41, 5.74) is 1.64. The Balaban J connectivity index is 2.76. The number of nitrogens with one attached hydrogen (secondary N) is 1. The first kappa shape index (κ1) is 16.9. The Morgan fingerprint density at radius 1 is 1.35 bits per heavy atom. The molecule has 110 valence electrons. The zero-order valence-electron chi connectivity index (χ0n) is 12.4. The molecule has 0 aromatic heterocycles. The monoisotopic (exact) mass is 292 g/mol. The largest absolute Gasteiger partial charge is 0.396 e. The second kappa shape index (κ2) is 9.68. The van der Waals surface area contributed by atoms with Crippen molar-refractivity contribution in [2.75, 3.05) is 24.2 Å². The van der Waals surface area contributed by atoms with Gasteiger partial charge in [-0.05, 0) is 36.6 Å². The summed E-state index contributed by atoms with van der Waals surface area (Å²) in [7, 11) is 0. The van der Waals surface area contributed by atoms with Crippen molar-refractivity contribution >= 4 is 17.4 Å². The molecule has 0 bridgehead atoms. The average Bonchev–Trinajstić information content (AvgIpc) is 2.45. The highest BCUT2D eigenvalue weighted by Crippen LogP contribution is 2.28. The molecule has 0 aliphatic rings. The van der Waals surface area contributed by atoms with Gasteiger partial charge in [0.05, 0.1) is 11.3 Å².